The van der Waals surface area contributed by atoms with E-state index in [2.05, 4.69) is 11.6 Å². The number of hydrogen-bond acceptors (Lipinski definition) is 2. The number of oxazole rings is 1. The third kappa shape index (κ3) is 1.58. The van der Waals surface area contributed by atoms with Gasteiger partial charge in [0.2, 0.25) is 0 Å². The summed E-state index contributed by atoms with van der Waals surface area (Å²) in [5, 5.41) is 0. The normalized spacial score (nSPS) is 10.7. The summed E-state index contributed by atoms with van der Waals surface area (Å²) in [6.45, 7) is 7.38. The van der Waals surface area contributed by atoms with Crippen LogP contribution in [0.25, 0.3) is 12.2 Å². The fourth-order valence-electron chi connectivity index (χ4n) is 0.882. The van der Waals surface area contributed by atoms with Crippen LogP contribution in [0.2, 0.25) is 0 Å². The summed E-state index contributed by atoms with van der Waals surface area (Å²) >= 11 is 0. The van der Waals surface area contributed by atoms with Crippen molar-refractivity contribution in [2.45, 2.75) is 13.8 Å². The van der Waals surface area contributed by atoms with E-state index < -0.39 is 0 Å². The number of allylic oxidation sites excluding steroid dienone is 1. The van der Waals surface area contributed by atoms with Gasteiger partial charge in [0.25, 0.3) is 0 Å². The maximum absolute atomic E-state index is 5.24. The summed E-state index contributed by atoms with van der Waals surface area (Å²) in [6, 6.07) is 0. The Labute approximate surface area is 66.3 Å². The second-order valence-electron chi connectivity index (χ2n) is 2.19. The Balaban J connectivity index is 3.11. The Hall–Kier alpha value is -1.31. The van der Waals surface area contributed by atoms with Crippen LogP contribution in [0.1, 0.15) is 24.3 Å². The highest BCUT2D eigenvalue weighted by Crippen LogP contribution is 2.12. The number of nitrogens with zero attached hydrogens (tertiary/aromatic N) is 1. The van der Waals surface area contributed by atoms with E-state index in [-0.39, 0.29) is 0 Å². The van der Waals surface area contributed by atoms with Gasteiger partial charge in [-0.25, -0.2) is 4.98 Å². The molecule has 11 heavy (non-hydrogen) atoms. The van der Waals surface area contributed by atoms with Gasteiger partial charge in [0.1, 0.15) is 5.69 Å². The van der Waals surface area contributed by atoms with E-state index >= 15 is 0 Å². The topological polar surface area (TPSA) is 26.0 Å². The molecule has 0 amide bonds. The molecule has 2 nitrogen and oxygen atoms in total. The van der Waals surface area contributed by atoms with Gasteiger partial charge in [-0.1, -0.05) is 12.7 Å². The van der Waals surface area contributed by atoms with Crippen LogP contribution in [0, 0.1) is 6.92 Å². The molecule has 0 saturated heterocycles. The summed E-state index contributed by atoms with van der Waals surface area (Å²) in [5.74, 6) is 1.41. The predicted octanol–water partition coefficient (Wildman–Crippen LogP) is 2.66. The second-order valence-corrected chi connectivity index (χ2v) is 2.19. The van der Waals surface area contributed by atoms with Gasteiger partial charge in [-0.05, 0) is 19.1 Å². The summed E-state index contributed by atoms with van der Waals surface area (Å²) in [6.07, 6.45) is 5.48. The van der Waals surface area contributed by atoms with Crippen molar-refractivity contribution >= 4 is 12.2 Å². The fourth-order valence-corrected chi connectivity index (χ4v) is 0.882. The van der Waals surface area contributed by atoms with Crippen molar-refractivity contribution in [2.75, 3.05) is 0 Å². The number of aromatic nitrogens is 1. The molecule has 0 aromatic carbocycles. The van der Waals surface area contributed by atoms with Gasteiger partial charge in [0.15, 0.2) is 11.7 Å². The van der Waals surface area contributed by atoms with Crippen LogP contribution in [-0.4, -0.2) is 4.98 Å². The molecule has 1 aromatic rings. The molecule has 0 aliphatic carbocycles. The SMILES string of the molecule is C=Cc1oc(C)nc1C=CC. The van der Waals surface area contributed by atoms with Crippen molar-refractivity contribution in [2.24, 2.45) is 0 Å². The molecule has 0 radical (unpaired) electrons. The summed E-state index contributed by atoms with van der Waals surface area (Å²) in [4.78, 5) is 4.15. The first-order valence-corrected chi connectivity index (χ1v) is 3.50. The largest absolute Gasteiger partial charge is 0.441 e. The lowest BCUT2D eigenvalue weighted by Crippen LogP contribution is -1.73. The summed E-state index contributed by atoms with van der Waals surface area (Å²) < 4.78 is 5.24. The van der Waals surface area contributed by atoms with Crippen LogP contribution >= 0.6 is 0 Å². The lowest BCUT2D eigenvalue weighted by molar-refractivity contribution is 0.513. The van der Waals surface area contributed by atoms with Gasteiger partial charge in [-0.15, -0.1) is 0 Å². The van der Waals surface area contributed by atoms with Crippen LogP contribution in [0.5, 0.6) is 0 Å². The number of hydrogen-bond donors (Lipinski definition) is 0. The zero-order valence-electron chi connectivity index (χ0n) is 6.79. The van der Waals surface area contributed by atoms with E-state index in [0.29, 0.717) is 5.89 Å². The zero-order valence-corrected chi connectivity index (χ0v) is 6.79. The Morgan fingerprint density at radius 3 is 2.82 bits per heavy atom. The van der Waals surface area contributed by atoms with E-state index in [4.69, 9.17) is 4.42 Å². The first kappa shape index (κ1) is 7.79. The minimum atomic E-state index is 0.674. The Bertz CT molecular complexity index is 284. The molecular weight excluding hydrogens is 138 g/mol. The number of rotatable bonds is 2. The van der Waals surface area contributed by atoms with E-state index in [9.17, 15) is 0 Å². The minimum Gasteiger partial charge on any atom is -0.441 e. The summed E-state index contributed by atoms with van der Waals surface area (Å²) in [5.41, 5.74) is 0.847. The van der Waals surface area contributed by atoms with Crippen molar-refractivity contribution in [3.8, 4) is 0 Å². The van der Waals surface area contributed by atoms with Crippen molar-refractivity contribution in [1.82, 2.24) is 4.98 Å². The molecule has 0 aliphatic heterocycles. The fraction of sp³-hybridized carbons (Fsp3) is 0.222. The molecule has 0 bridgehead atoms. The highest BCUT2D eigenvalue weighted by atomic mass is 16.4. The molecule has 0 atom stereocenters. The molecule has 58 valence electrons. The van der Waals surface area contributed by atoms with E-state index in [1.165, 1.54) is 0 Å². The molecule has 2 heteroatoms. The van der Waals surface area contributed by atoms with E-state index in [0.717, 1.165) is 11.5 Å². The molecule has 0 fully saturated rings. The Morgan fingerprint density at radius 2 is 2.27 bits per heavy atom. The van der Waals surface area contributed by atoms with Crippen LogP contribution in [-0.2, 0) is 0 Å². The average Bonchev–Trinajstić information content (AvgIpc) is 2.32. The van der Waals surface area contributed by atoms with Crippen molar-refractivity contribution in [3.63, 3.8) is 0 Å². The zero-order chi connectivity index (χ0) is 8.27. The van der Waals surface area contributed by atoms with Gasteiger partial charge in [-0.3, -0.25) is 0 Å². The van der Waals surface area contributed by atoms with Crippen LogP contribution in [0.3, 0.4) is 0 Å². The maximum Gasteiger partial charge on any atom is 0.192 e. The van der Waals surface area contributed by atoms with Gasteiger partial charge in [0.05, 0.1) is 0 Å². The standard InChI is InChI=1S/C9H11NO/c1-4-6-8-9(5-2)11-7(3)10-8/h4-6H,2H2,1,3H3. The van der Waals surface area contributed by atoms with Gasteiger partial charge >= 0.3 is 0 Å². The molecule has 0 saturated carbocycles. The third-order valence-corrected chi connectivity index (χ3v) is 1.30. The molecule has 0 aliphatic rings. The third-order valence-electron chi connectivity index (χ3n) is 1.30. The molecule has 1 rings (SSSR count). The van der Waals surface area contributed by atoms with Crippen molar-refractivity contribution in [1.29, 1.82) is 0 Å². The smallest absolute Gasteiger partial charge is 0.192 e. The highest BCUT2D eigenvalue weighted by Gasteiger charge is 2.02. The Kier molecular flexibility index (Phi) is 2.26. The van der Waals surface area contributed by atoms with Crippen LogP contribution < -0.4 is 0 Å². The second kappa shape index (κ2) is 3.19. The molecule has 0 N–H and O–H groups in total. The quantitative estimate of drug-likeness (QED) is 0.646. The van der Waals surface area contributed by atoms with Crippen molar-refractivity contribution < 1.29 is 4.42 Å². The monoisotopic (exact) mass is 149 g/mol. The molecule has 0 unspecified atom stereocenters. The van der Waals surface area contributed by atoms with Crippen molar-refractivity contribution in [3.05, 3.63) is 30.0 Å². The van der Waals surface area contributed by atoms with Gasteiger partial charge in [-0.2, -0.15) is 0 Å². The predicted molar refractivity (Wildman–Crippen MR) is 46.0 cm³/mol. The Morgan fingerprint density at radius 1 is 1.55 bits per heavy atom. The molecule has 1 aromatic heterocycles. The van der Waals surface area contributed by atoms with Gasteiger partial charge < -0.3 is 4.42 Å². The van der Waals surface area contributed by atoms with Crippen LogP contribution in [0.4, 0.5) is 0 Å². The summed E-state index contributed by atoms with van der Waals surface area (Å²) in [7, 11) is 0. The lowest BCUT2D eigenvalue weighted by Gasteiger charge is -1.83. The minimum absolute atomic E-state index is 0.674. The van der Waals surface area contributed by atoms with E-state index in [1.807, 2.05) is 26.0 Å². The van der Waals surface area contributed by atoms with Crippen LogP contribution in [0.15, 0.2) is 17.1 Å². The van der Waals surface area contributed by atoms with E-state index in [1.54, 1.807) is 6.08 Å². The number of aryl methyl sites for hydroxylation is 1. The first-order chi connectivity index (χ1) is 5.27. The molecule has 0 spiro atoms. The lowest BCUT2D eigenvalue weighted by atomic mass is 10.3. The van der Waals surface area contributed by atoms with Gasteiger partial charge in [0, 0.05) is 6.92 Å². The first-order valence-electron chi connectivity index (χ1n) is 3.50. The molecular formula is C9H11NO. The average molecular weight is 149 g/mol. The highest BCUT2D eigenvalue weighted by molar-refractivity contribution is 5.56. The molecule has 1 heterocycles. The maximum atomic E-state index is 5.24.